The van der Waals surface area contributed by atoms with Gasteiger partial charge < -0.3 is 0 Å². The molecule has 0 N–H and O–H groups in total. The molecule has 2 heteroatoms. The topological polar surface area (TPSA) is 0 Å². The van der Waals surface area contributed by atoms with Gasteiger partial charge in [-0.25, -0.2) is 0 Å². The van der Waals surface area contributed by atoms with Crippen molar-refractivity contribution in [1.82, 2.24) is 0 Å². The van der Waals surface area contributed by atoms with Gasteiger partial charge in [0.15, 0.2) is 0 Å². The summed E-state index contributed by atoms with van der Waals surface area (Å²) in [5, 5.41) is 0.298. The maximum atomic E-state index is 5.86. The molecule has 2 atom stereocenters. The quantitative estimate of drug-likeness (QED) is 0.633. The summed E-state index contributed by atoms with van der Waals surface area (Å²) >= 11 is 9.48. The average molecular weight is 242 g/mol. The minimum absolute atomic E-state index is 0.298. The molecule has 0 aromatic rings. The van der Waals surface area contributed by atoms with Crippen LogP contribution in [0.4, 0.5) is 0 Å². The van der Waals surface area contributed by atoms with E-state index in [4.69, 9.17) is 11.6 Å². The van der Waals surface area contributed by atoms with Gasteiger partial charge in [0.2, 0.25) is 0 Å². The van der Waals surface area contributed by atoms with Crippen LogP contribution in [0.1, 0.15) is 40.0 Å². The SMILES string of the molecule is CC(C)CCC(Br)CC(C)Cl. The standard InChI is InChI=1S/C9H18BrCl/c1-7(2)4-5-9(10)6-8(3)11/h7-9H,4-6H2,1-3H3. The highest BCUT2D eigenvalue weighted by Gasteiger charge is 2.08. The first-order valence-corrected chi connectivity index (χ1v) is 5.65. The van der Waals surface area contributed by atoms with Gasteiger partial charge in [0, 0.05) is 10.2 Å². The maximum absolute atomic E-state index is 5.86. The lowest BCUT2D eigenvalue weighted by atomic mass is 10.0. The van der Waals surface area contributed by atoms with Crippen molar-refractivity contribution in [1.29, 1.82) is 0 Å². The van der Waals surface area contributed by atoms with Gasteiger partial charge >= 0.3 is 0 Å². The van der Waals surface area contributed by atoms with E-state index in [9.17, 15) is 0 Å². The number of alkyl halides is 2. The number of hydrogen-bond donors (Lipinski definition) is 0. The summed E-state index contributed by atoms with van der Waals surface area (Å²) in [6.07, 6.45) is 3.61. The smallest absolute Gasteiger partial charge is 0.0318 e. The molecule has 11 heavy (non-hydrogen) atoms. The van der Waals surface area contributed by atoms with Crippen molar-refractivity contribution in [3.8, 4) is 0 Å². The van der Waals surface area contributed by atoms with Gasteiger partial charge in [-0.2, -0.15) is 0 Å². The molecule has 0 rings (SSSR count). The zero-order chi connectivity index (χ0) is 8.85. The predicted octanol–water partition coefficient (Wildman–Crippen LogP) is 4.20. The van der Waals surface area contributed by atoms with E-state index in [1.54, 1.807) is 0 Å². The fourth-order valence-electron chi connectivity index (χ4n) is 0.984. The number of hydrogen-bond acceptors (Lipinski definition) is 0. The van der Waals surface area contributed by atoms with Crippen LogP contribution >= 0.6 is 27.5 Å². The van der Waals surface area contributed by atoms with Crippen LogP contribution in [0.15, 0.2) is 0 Å². The van der Waals surface area contributed by atoms with E-state index in [2.05, 4.69) is 29.8 Å². The predicted molar refractivity (Wildman–Crippen MR) is 56.7 cm³/mol. The molecule has 0 heterocycles. The van der Waals surface area contributed by atoms with E-state index in [0.717, 1.165) is 12.3 Å². The Hall–Kier alpha value is 0.770. The largest absolute Gasteiger partial charge is 0.123 e. The second kappa shape index (κ2) is 6.30. The molecule has 0 spiro atoms. The van der Waals surface area contributed by atoms with Gasteiger partial charge in [-0.05, 0) is 32.1 Å². The molecule has 2 unspecified atom stereocenters. The Balaban J connectivity index is 3.29. The second-order valence-electron chi connectivity index (χ2n) is 3.58. The summed E-state index contributed by atoms with van der Waals surface area (Å²) in [5.41, 5.74) is 0. The van der Waals surface area contributed by atoms with Crippen LogP contribution in [-0.2, 0) is 0 Å². The van der Waals surface area contributed by atoms with Gasteiger partial charge in [-0.15, -0.1) is 11.6 Å². The monoisotopic (exact) mass is 240 g/mol. The molecule has 0 aliphatic heterocycles. The molecule has 0 aromatic heterocycles. The minimum atomic E-state index is 0.298. The fraction of sp³-hybridized carbons (Fsp3) is 1.00. The van der Waals surface area contributed by atoms with Gasteiger partial charge in [-0.3, -0.25) is 0 Å². The van der Waals surface area contributed by atoms with Gasteiger partial charge in [0.25, 0.3) is 0 Å². The Morgan fingerprint density at radius 1 is 1.18 bits per heavy atom. The summed E-state index contributed by atoms with van der Waals surface area (Å²) in [5.74, 6) is 0.806. The molecule has 0 aromatic carbocycles. The van der Waals surface area contributed by atoms with Crippen LogP contribution in [0, 0.1) is 5.92 Å². The molecule has 0 saturated carbocycles. The lowest BCUT2D eigenvalue weighted by Gasteiger charge is -2.12. The lowest BCUT2D eigenvalue weighted by Crippen LogP contribution is -2.05. The summed E-state index contributed by atoms with van der Waals surface area (Å²) in [6, 6.07) is 0. The van der Waals surface area contributed by atoms with E-state index >= 15 is 0 Å². The molecular weight excluding hydrogens is 223 g/mol. The van der Waals surface area contributed by atoms with E-state index in [1.807, 2.05) is 6.92 Å². The molecule has 0 bridgehead atoms. The molecule has 0 aliphatic carbocycles. The lowest BCUT2D eigenvalue weighted by molar-refractivity contribution is 0.537. The first-order valence-electron chi connectivity index (χ1n) is 4.30. The molecule has 0 radical (unpaired) electrons. The summed E-state index contributed by atoms with van der Waals surface area (Å²) in [7, 11) is 0. The first kappa shape index (κ1) is 11.8. The van der Waals surface area contributed by atoms with Gasteiger partial charge in [-0.1, -0.05) is 29.8 Å². The van der Waals surface area contributed by atoms with Gasteiger partial charge in [0.05, 0.1) is 0 Å². The average Bonchev–Trinajstić information content (AvgIpc) is 1.82. The highest BCUT2D eigenvalue weighted by atomic mass is 79.9. The normalized spacial score (nSPS) is 16.9. The van der Waals surface area contributed by atoms with Crippen molar-refractivity contribution in [3.63, 3.8) is 0 Å². The Bertz CT molecular complexity index is 91.6. The Labute approximate surface area is 83.8 Å². The zero-order valence-corrected chi connectivity index (χ0v) is 9.95. The second-order valence-corrected chi connectivity index (χ2v) is 5.62. The molecular formula is C9H18BrCl. The van der Waals surface area contributed by atoms with Crippen molar-refractivity contribution >= 4 is 27.5 Å². The number of rotatable bonds is 5. The van der Waals surface area contributed by atoms with E-state index in [-0.39, 0.29) is 0 Å². The molecule has 0 aliphatic rings. The van der Waals surface area contributed by atoms with Crippen molar-refractivity contribution in [2.24, 2.45) is 5.92 Å². The van der Waals surface area contributed by atoms with Gasteiger partial charge in [0.1, 0.15) is 0 Å². The maximum Gasteiger partial charge on any atom is 0.0318 e. The third-order valence-electron chi connectivity index (χ3n) is 1.64. The zero-order valence-electron chi connectivity index (χ0n) is 7.61. The Morgan fingerprint density at radius 2 is 1.73 bits per heavy atom. The van der Waals surface area contributed by atoms with E-state index in [1.165, 1.54) is 12.8 Å². The van der Waals surface area contributed by atoms with Crippen LogP contribution in [0.25, 0.3) is 0 Å². The molecule has 0 amide bonds. The number of halogens is 2. The van der Waals surface area contributed by atoms with E-state index in [0.29, 0.717) is 10.2 Å². The summed E-state index contributed by atoms with van der Waals surface area (Å²) in [6.45, 7) is 6.55. The van der Waals surface area contributed by atoms with Crippen molar-refractivity contribution < 1.29 is 0 Å². The van der Waals surface area contributed by atoms with Crippen LogP contribution in [0.3, 0.4) is 0 Å². The molecule has 0 fully saturated rings. The van der Waals surface area contributed by atoms with Crippen LogP contribution in [0.5, 0.6) is 0 Å². The van der Waals surface area contributed by atoms with Crippen LogP contribution < -0.4 is 0 Å². The highest BCUT2D eigenvalue weighted by Crippen LogP contribution is 2.19. The molecule has 0 nitrogen and oxygen atoms in total. The fourth-order valence-corrected chi connectivity index (χ4v) is 2.24. The van der Waals surface area contributed by atoms with Crippen LogP contribution in [0.2, 0.25) is 0 Å². The first-order chi connectivity index (χ1) is 5.02. The van der Waals surface area contributed by atoms with Crippen molar-refractivity contribution in [2.75, 3.05) is 0 Å². The Kier molecular flexibility index (Phi) is 6.75. The summed E-state index contributed by atoms with van der Waals surface area (Å²) in [4.78, 5) is 0.609. The third kappa shape index (κ3) is 8.68. The Morgan fingerprint density at radius 3 is 2.09 bits per heavy atom. The molecule has 68 valence electrons. The van der Waals surface area contributed by atoms with Crippen molar-refractivity contribution in [2.45, 2.75) is 50.2 Å². The summed E-state index contributed by atoms with van der Waals surface area (Å²) < 4.78 is 0. The highest BCUT2D eigenvalue weighted by molar-refractivity contribution is 9.09. The molecule has 0 saturated heterocycles. The van der Waals surface area contributed by atoms with Crippen LogP contribution in [-0.4, -0.2) is 10.2 Å². The third-order valence-corrected chi connectivity index (χ3v) is 2.65. The minimum Gasteiger partial charge on any atom is -0.123 e. The van der Waals surface area contributed by atoms with Crippen molar-refractivity contribution in [3.05, 3.63) is 0 Å². The van der Waals surface area contributed by atoms with E-state index < -0.39 is 0 Å².